The monoisotopic (exact) mass is 392 g/mol. The molecule has 0 aliphatic carbocycles. The van der Waals surface area contributed by atoms with Crippen LogP contribution in [0.4, 0.5) is 0 Å². The second-order valence-electron chi connectivity index (χ2n) is 7.05. The van der Waals surface area contributed by atoms with Gasteiger partial charge in [0, 0.05) is 49.6 Å². The SMILES string of the molecule is O=C(CCC(=O)N1CCCC(C(=O)N2CCOCC2)C1)c1ccc(Cl)cc1. The quantitative estimate of drug-likeness (QED) is 0.722. The maximum Gasteiger partial charge on any atom is 0.227 e. The predicted octanol–water partition coefficient (Wildman–Crippen LogP) is 2.40. The normalized spacial score (nSPS) is 20.4. The molecule has 27 heavy (non-hydrogen) atoms. The molecular formula is C20H25ClN2O4. The highest BCUT2D eigenvalue weighted by Gasteiger charge is 2.31. The van der Waals surface area contributed by atoms with E-state index in [4.69, 9.17) is 16.3 Å². The fourth-order valence-corrected chi connectivity index (χ4v) is 3.73. The number of nitrogens with zero attached hydrogens (tertiary/aromatic N) is 2. The smallest absolute Gasteiger partial charge is 0.227 e. The van der Waals surface area contributed by atoms with Crippen molar-refractivity contribution in [1.82, 2.24) is 9.80 Å². The Morgan fingerprint density at radius 1 is 1.00 bits per heavy atom. The van der Waals surface area contributed by atoms with E-state index in [-0.39, 0.29) is 36.4 Å². The van der Waals surface area contributed by atoms with Crippen molar-refractivity contribution in [2.45, 2.75) is 25.7 Å². The molecule has 1 aromatic rings. The Morgan fingerprint density at radius 2 is 1.70 bits per heavy atom. The van der Waals surface area contributed by atoms with Crippen LogP contribution in [0.15, 0.2) is 24.3 Å². The third-order valence-electron chi connectivity index (χ3n) is 5.18. The maximum absolute atomic E-state index is 12.7. The first kappa shape index (κ1) is 19.8. The van der Waals surface area contributed by atoms with E-state index in [1.165, 1.54) is 0 Å². The van der Waals surface area contributed by atoms with E-state index in [1.807, 2.05) is 4.90 Å². The summed E-state index contributed by atoms with van der Waals surface area (Å²) in [6.45, 7) is 3.50. The number of piperidine rings is 1. The number of hydrogen-bond donors (Lipinski definition) is 0. The summed E-state index contributed by atoms with van der Waals surface area (Å²) in [7, 11) is 0. The zero-order valence-corrected chi connectivity index (χ0v) is 16.1. The molecule has 2 amide bonds. The topological polar surface area (TPSA) is 66.9 Å². The van der Waals surface area contributed by atoms with Crippen molar-refractivity contribution < 1.29 is 19.1 Å². The van der Waals surface area contributed by atoms with Gasteiger partial charge in [0.05, 0.1) is 19.1 Å². The molecule has 6 nitrogen and oxygen atoms in total. The van der Waals surface area contributed by atoms with Crippen LogP contribution in [0.3, 0.4) is 0 Å². The van der Waals surface area contributed by atoms with E-state index in [0.29, 0.717) is 50.0 Å². The highest BCUT2D eigenvalue weighted by atomic mass is 35.5. The molecule has 2 fully saturated rings. The molecule has 0 N–H and O–H groups in total. The van der Waals surface area contributed by atoms with Crippen molar-refractivity contribution in [3.63, 3.8) is 0 Å². The molecule has 1 atom stereocenters. The van der Waals surface area contributed by atoms with Gasteiger partial charge in [-0.15, -0.1) is 0 Å². The number of amides is 2. The van der Waals surface area contributed by atoms with Crippen molar-refractivity contribution in [3.8, 4) is 0 Å². The van der Waals surface area contributed by atoms with Crippen LogP contribution in [0.25, 0.3) is 0 Å². The van der Waals surface area contributed by atoms with Crippen molar-refractivity contribution in [2.24, 2.45) is 5.92 Å². The van der Waals surface area contributed by atoms with Crippen LogP contribution in [-0.2, 0) is 14.3 Å². The Kier molecular flexibility index (Phi) is 6.85. The summed E-state index contributed by atoms with van der Waals surface area (Å²) >= 11 is 5.83. The van der Waals surface area contributed by atoms with Gasteiger partial charge in [0.25, 0.3) is 0 Å². The summed E-state index contributed by atoms with van der Waals surface area (Å²) in [5, 5.41) is 0.576. The minimum Gasteiger partial charge on any atom is -0.378 e. The number of ketones is 1. The van der Waals surface area contributed by atoms with E-state index in [1.54, 1.807) is 29.2 Å². The van der Waals surface area contributed by atoms with Gasteiger partial charge in [-0.05, 0) is 37.1 Å². The van der Waals surface area contributed by atoms with Gasteiger partial charge in [0.15, 0.2) is 5.78 Å². The van der Waals surface area contributed by atoms with Gasteiger partial charge in [-0.2, -0.15) is 0 Å². The molecule has 0 spiro atoms. The average molecular weight is 393 g/mol. The van der Waals surface area contributed by atoms with E-state index in [2.05, 4.69) is 0 Å². The average Bonchev–Trinajstić information content (AvgIpc) is 2.72. The summed E-state index contributed by atoms with van der Waals surface area (Å²) in [4.78, 5) is 41.0. The molecule has 3 rings (SSSR count). The first-order valence-electron chi connectivity index (χ1n) is 9.47. The minimum absolute atomic E-state index is 0.0585. The van der Waals surface area contributed by atoms with E-state index >= 15 is 0 Å². The molecule has 0 bridgehead atoms. The highest BCUT2D eigenvalue weighted by Crippen LogP contribution is 2.21. The molecule has 0 aromatic heterocycles. The van der Waals surface area contributed by atoms with Gasteiger partial charge in [0.1, 0.15) is 0 Å². The van der Waals surface area contributed by atoms with E-state index in [9.17, 15) is 14.4 Å². The van der Waals surface area contributed by atoms with E-state index in [0.717, 1.165) is 12.8 Å². The van der Waals surface area contributed by atoms with Gasteiger partial charge < -0.3 is 14.5 Å². The molecule has 0 saturated carbocycles. The molecule has 2 heterocycles. The number of Topliss-reactive ketones (excluding diaryl/α,β-unsaturated/α-hetero) is 1. The van der Waals surface area contributed by atoms with E-state index < -0.39 is 0 Å². The summed E-state index contributed by atoms with van der Waals surface area (Å²) in [6, 6.07) is 6.69. The highest BCUT2D eigenvalue weighted by molar-refractivity contribution is 6.30. The molecule has 2 aliphatic rings. The second-order valence-corrected chi connectivity index (χ2v) is 7.48. The number of likely N-dealkylation sites (tertiary alicyclic amines) is 1. The maximum atomic E-state index is 12.7. The lowest BCUT2D eigenvalue weighted by Crippen LogP contribution is -2.49. The molecular weight excluding hydrogens is 368 g/mol. The summed E-state index contributed by atoms with van der Waals surface area (Å²) in [5.74, 6) is -0.157. The lowest BCUT2D eigenvalue weighted by Gasteiger charge is -2.36. The first-order valence-corrected chi connectivity index (χ1v) is 9.85. The molecule has 1 aromatic carbocycles. The fraction of sp³-hybridized carbons (Fsp3) is 0.550. The van der Waals surface area contributed by atoms with Crippen LogP contribution < -0.4 is 0 Å². The van der Waals surface area contributed by atoms with Crippen molar-refractivity contribution in [3.05, 3.63) is 34.9 Å². The zero-order valence-electron chi connectivity index (χ0n) is 15.4. The lowest BCUT2D eigenvalue weighted by molar-refractivity contribution is -0.144. The molecule has 2 aliphatic heterocycles. The van der Waals surface area contributed by atoms with Crippen LogP contribution >= 0.6 is 11.6 Å². The number of carbonyl (C=O) groups excluding carboxylic acids is 3. The Morgan fingerprint density at radius 3 is 2.41 bits per heavy atom. The fourth-order valence-electron chi connectivity index (χ4n) is 3.61. The summed E-state index contributed by atoms with van der Waals surface area (Å²) in [6.07, 6.45) is 1.96. The lowest BCUT2D eigenvalue weighted by atomic mass is 9.95. The molecule has 146 valence electrons. The zero-order chi connectivity index (χ0) is 19.2. The van der Waals surface area contributed by atoms with Crippen molar-refractivity contribution in [2.75, 3.05) is 39.4 Å². The number of hydrogen-bond acceptors (Lipinski definition) is 4. The number of halogens is 1. The third kappa shape index (κ3) is 5.30. The Balaban J connectivity index is 1.49. The predicted molar refractivity (Wildman–Crippen MR) is 102 cm³/mol. The van der Waals surface area contributed by atoms with Crippen LogP contribution in [0.1, 0.15) is 36.0 Å². The summed E-state index contributed by atoms with van der Waals surface area (Å²) in [5.41, 5.74) is 0.561. The van der Waals surface area contributed by atoms with Crippen molar-refractivity contribution in [1.29, 1.82) is 0 Å². The Bertz CT molecular complexity index is 686. The molecule has 1 unspecified atom stereocenters. The number of rotatable bonds is 5. The number of carbonyl (C=O) groups is 3. The Hall–Kier alpha value is -1.92. The van der Waals surface area contributed by atoms with Crippen LogP contribution in [-0.4, -0.2) is 66.8 Å². The van der Waals surface area contributed by atoms with Gasteiger partial charge in [-0.25, -0.2) is 0 Å². The van der Waals surface area contributed by atoms with Gasteiger partial charge in [-0.1, -0.05) is 11.6 Å². The van der Waals surface area contributed by atoms with Gasteiger partial charge >= 0.3 is 0 Å². The third-order valence-corrected chi connectivity index (χ3v) is 5.43. The molecule has 2 saturated heterocycles. The van der Waals surface area contributed by atoms with Gasteiger partial charge in [0.2, 0.25) is 11.8 Å². The van der Waals surface area contributed by atoms with Crippen molar-refractivity contribution >= 4 is 29.2 Å². The van der Waals surface area contributed by atoms with Crippen LogP contribution in [0.2, 0.25) is 5.02 Å². The second kappa shape index (κ2) is 9.33. The largest absolute Gasteiger partial charge is 0.378 e. The number of morpholine rings is 1. The summed E-state index contributed by atoms with van der Waals surface area (Å²) < 4.78 is 5.30. The van der Waals surface area contributed by atoms with Crippen LogP contribution in [0, 0.1) is 5.92 Å². The molecule has 0 radical (unpaired) electrons. The molecule has 7 heteroatoms. The first-order chi connectivity index (χ1) is 13.0. The van der Waals surface area contributed by atoms with Crippen LogP contribution in [0.5, 0.6) is 0 Å². The number of ether oxygens (including phenoxy) is 1. The number of benzene rings is 1. The Labute approximate surface area is 164 Å². The minimum atomic E-state index is -0.146. The standard InChI is InChI=1S/C20H25ClN2O4/c21-17-5-3-15(4-6-17)18(24)7-8-19(25)23-9-1-2-16(14-23)20(26)22-10-12-27-13-11-22/h3-6,16H,1-2,7-14H2. The van der Waals surface area contributed by atoms with Gasteiger partial charge in [-0.3, -0.25) is 14.4 Å².